The molecule has 0 fully saturated rings. The molecule has 6 heteroatoms. The molecule has 3 aromatic carbocycles. The zero-order valence-corrected chi connectivity index (χ0v) is 20.9. The van der Waals surface area contributed by atoms with Crippen LogP contribution in [0.3, 0.4) is 0 Å². The van der Waals surface area contributed by atoms with Crippen molar-refractivity contribution in [2.75, 3.05) is 7.11 Å². The van der Waals surface area contributed by atoms with E-state index in [1.807, 2.05) is 79.7 Å². The molecule has 1 atom stereocenters. The molecule has 0 aromatic heterocycles. The first-order chi connectivity index (χ1) is 16.5. The van der Waals surface area contributed by atoms with Gasteiger partial charge in [0, 0.05) is 28.3 Å². The van der Waals surface area contributed by atoms with Gasteiger partial charge < -0.3 is 14.8 Å². The van der Waals surface area contributed by atoms with E-state index in [1.165, 1.54) is 7.11 Å². The average molecular weight is 563 g/mol. The van der Waals surface area contributed by atoms with Crippen molar-refractivity contribution in [2.24, 2.45) is 0 Å². The van der Waals surface area contributed by atoms with E-state index in [2.05, 4.69) is 27.9 Å². The number of carbonyl (C=O) groups is 2. The minimum atomic E-state index is -0.541. The molecule has 0 spiro atoms. The van der Waals surface area contributed by atoms with Crippen LogP contribution >= 0.6 is 22.6 Å². The highest BCUT2D eigenvalue weighted by atomic mass is 127. The van der Waals surface area contributed by atoms with Gasteiger partial charge in [0.2, 0.25) is 0 Å². The maximum absolute atomic E-state index is 13.5. The van der Waals surface area contributed by atoms with Gasteiger partial charge in [0.1, 0.15) is 12.4 Å². The van der Waals surface area contributed by atoms with Crippen molar-refractivity contribution < 1.29 is 19.1 Å². The summed E-state index contributed by atoms with van der Waals surface area (Å²) in [5.74, 6) is -0.320. The Morgan fingerprint density at radius 3 is 2.41 bits per heavy atom. The molecule has 2 aliphatic rings. The quantitative estimate of drug-likeness (QED) is 0.323. The highest BCUT2D eigenvalue weighted by molar-refractivity contribution is 14.1. The number of ether oxygens (including phenoxy) is 2. The van der Waals surface area contributed by atoms with Crippen molar-refractivity contribution in [1.29, 1.82) is 0 Å². The number of hydrogen-bond acceptors (Lipinski definition) is 5. The van der Waals surface area contributed by atoms with Crippen molar-refractivity contribution in [3.63, 3.8) is 0 Å². The van der Waals surface area contributed by atoms with E-state index in [-0.39, 0.29) is 5.78 Å². The monoisotopic (exact) mass is 563 g/mol. The lowest BCUT2D eigenvalue weighted by atomic mass is 9.80. The van der Waals surface area contributed by atoms with Gasteiger partial charge in [-0.1, -0.05) is 60.7 Å². The highest BCUT2D eigenvalue weighted by Gasteiger charge is 2.42. The number of dihydropyridines is 1. The molecule has 5 rings (SSSR count). The Hall–Kier alpha value is -3.39. The van der Waals surface area contributed by atoms with E-state index in [9.17, 15) is 9.59 Å². The van der Waals surface area contributed by atoms with Gasteiger partial charge in [0.05, 0.1) is 22.0 Å². The SMILES string of the molecule is COC(=O)C1=C(C)NC2=C(C(=O)c3ccccc32)[C@@H]1c1ccc(OCc2ccccc2)c(I)c1. The Bertz CT molecular complexity index is 1370. The lowest BCUT2D eigenvalue weighted by Gasteiger charge is -2.29. The molecule has 5 nitrogen and oxygen atoms in total. The fourth-order valence-electron chi connectivity index (χ4n) is 4.59. The minimum Gasteiger partial charge on any atom is -0.488 e. The van der Waals surface area contributed by atoms with E-state index in [0.717, 1.165) is 31.7 Å². The molecule has 0 saturated heterocycles. The molecule has 3 aromatic rings. The largest absolute Gasteiger partial charge is 0.488 e. The van der Waals surface area contributed by atoms with Crippen LogP contribution in [0.25, 0.3) is 5.70 Å². The molecule has 34 heavy (non-hydrogen) atoms. The summed E-state index contributed by atoms with van der Waals surface area (Å²) in [5, 5.41) is 3.31. The number of hydrogen-bond donors (Lipinski definition) is 1. The van der Waals surface area contributed by atoms with Crippen LogP contribution in [-0.2, 0) is 16.1 Å². The second-order valence-electron chi connectivity index (χ2n) is 8.22. The first-order valence-corrected chi connectivity index (χ1v) is 12.0. The number of methoxy groups -OCH3 is 1. The molecular weight excluding hydrogens is 541 g/mol. The first kappa shape index (κ1) is 22.4. The van der Waals surface area contributed by atoms with Crippen molar-refractivity contribution >= 4 is 40.0 Å². The van der Waals surface area contributed by atoms with Gasteiger partial charge in [-0.15, -0.1) is 0 Å². The molecule has 1 N–H and O–H groups in total. The fourth-order valence-corrected chi connectivity index (χ4v) is 5.29. The summed E-state index contributed by atoms with van der Waals surface area (Å²) in [5.41, 5.74) is 5.87. The number of ketones is 1. The Labute approximate surface area is 211 Å². The van der Waals surface area contributed by atoms with Gasteiger partial charge in [-0.3, -0.25) is 4.79 Å². The van der Waals surface area contributed by atoms with Crippen LogP contribution in [0.4, 0.5) is 0 Å². The lowest BCUT2D eigenvalue weighted by molar-refractivity contribution is -0.136. The summed E-state index contributed by atoms with van der Waals surface area (Å²) in [6, 6.07) is 23.3. The molecule has 1 heterocycles. The summed E-state index contributed by atoms with van der Waals surface area (Å²) in [6.45, 7) is 2.30. The molecule has 0 unspecified atom stereocenters. The Balaban J connectivity index is 1.55. The molecular formula is C28H22INO4. The Morgan fingerprint density at radius 2 is 1.71 bits per heavy atom. The zero-order chi connectivity index (χ0) is 23.8. The van der Waals surface area contributed by atoms with E-state index in [1.54, 1.807) is 0 Å². The van der Waals surface area contributed by atoms with Crippen molar-refractivity contribution in [2.45, 2.75) is 19.4 Å². The van der Waals surface area contributed by atoms with Gasteiger partial charge in [-0.05, 0) is 52.8 Å². The maximum atomic E-state index is 13.5. The van der Waals surface area contributed by atoms with Crippen molar-refractivity contribution in [1.82, 2.24) is 5.32 Å². The third-order valence-electron chi connectivity index (χ3n) is 6.18. The summed E-state index contributed by atoms with van der Waals surface area (Å²) in [7, 11) is 1.36. The molecule has 170 valence electrons. The number of carbonyl (C=O) groups excluding carboxylic acids is 2. The molecule has 0 amide bonds. The number of Topliss-reactive ketones (excluding diaryl/α,β-unsaturated/α-hetero) is 1. The predicted molar refractivity (Wildman–Crippen MR) is 138 cm³/mol. The Morgan fingerprint density at radius 1 is 1.00 bits per heavy atom. The number of nitrogens with one attached hydrogen (secondary N) is 1. The normalized spacial score (nSPS) is 16.7. The second kappa shape index (κ2) is 9.10. The third kappa shape index (κ3) is 3.81. The van der Waals surface area contributed by atoms with Crippen molar-refractivity contribution in [3.05, 3.63) is 115 Å². The summed E-state index contributed by atoms with van der Waals surface area (Å²) < 4.78 is 12.1. The third-order valence-corrected chi connectivity index (χ3v) is 7.02. The van der Waals surface area contributed by atoms with Gasteiger partial charge in [-0.25, -0.2) is 4.79 Å². The maximum Gasteiger partial charge on any atom is 0.336 e. The van der Waals surface area contributed by atoms with Crippen LogP contribution in [0.15, 0.2) is 89.6 Å². The Kier molecular flexibility index (Phi) is 6.00. The zero-order valence-electron chi connectivity index (χ0n) is 18.7. The van der Waals surface area contributed by atoms with Crippen LogP contribution in [0, 0.1) is 3.57 Å². The molecule has 1 aliphatic carbocycles. The number of benzene rings is 3. The number of fused-ring (bicyclic) bond motifs is 2. The van der Waals surface area contributed by atoms with Gasteiger partial charge in [-0.2, -0.15) is 0 Å². The standard InChI is InChI=1S/C28H22INO4/c1-16-23(28(32)33-2)24(25-26(30-16)19-10-6-7-11-20(19)27(25)31)18-12-13-22(21(29)14-18)34-15-17-8-4-3-5-9-17/h3-14,24,30H,15H2,1-2H3/t24-/m1/s1. The van der Waals surface area contributed by atoms with Crippen LogP contribution in [-0.4, -0.2) is 18.9 Å². The summed E-state index contributed by atoms with van der Waals surface area (Å²) in [4.78, 5) is 26.3. The molecule has 0 saturated carbocycles. The average Bonchev–Trinajstić information content (AvgIpc) is 3.14. The fraction of sp³-hybridized carbons (Fsp3) is 0.143. The van der Waals surface area contributed by atoms with Gasteiger partial charge >= 0.3 is 5.97 Å². The number of allylic oxidation sites excluding steroid dienone is 2. The van der Waals surface area contributed by atoms with Crippen molar-refractivity contribution in [3.8, 4) is 5.75 Å². The van der Waals surface area contributed by atoms with Gasteiger partial charge in [0.15, 0.2) is 5.78 Å². The number of halogens is 1. The first-order valence-electron chi connectivity index (χ1n) is 10.9. The van der Waals surface area contributed by atoms with E-state index >= 15 is 0 Å². The highest BCUT2D eigenvalue weighted by Crippen LogP contribution is 2.47. The number of rotatable bonds is 5. The molecule has 1 aliphatic heterocycles. The lowest BCUT2D eigenvalue weighted by Crippen LogP contribution is -2.29. The van der Waals surface area contributed by atoms with E-state index in [0.29, 0.717) is 29.0 Å². The minimum absolute atomic E-state index is 0.0728. The second-order valence-corrected chi connectivity index (χ2v) is 9.38. The van der Waals surface area contributed by atoms with Crippen LogP contribution in [0.1, 0.15) is 39.9 Å². The van der Waals surface area contributed by atoms with Crippen LogP contribution < -0.4 is 10.1 Å². The number of esters is 1. The summed E-state index contributed by atoms with van der Waals surface area (Å²) >= 11 is 2.24. The smallest absolute Gasteiger partial charge is 0.336 e. The van der Waals surface area contributed by atoms with Gasteiger partial charge in [0.25, 0.3) is 0 Å². The van der Waals surface area contributed by atoms with Crippen LogP contribution in [0.2, 0.25) is 0 Å². The van der Waals surface area contributed by atoms with E-state index in [4.69, 9.17) is 9.47 Å². The van der Waals surface area contributed by atoms with E-state index < -0.39 is 11.9 Å². The molecule has 0 radical (unpaired) electrons. The topological polar surface area (TPSA) is 64.6 Å². The van der Waals surface area contributed by atoms with Crippen LogP contribution in [0.5, 0.6) is 5.75 Å². The molecule has 0 bridgehead atoms. The summed E-state index contributed by atoms with van der Waals surface area (Å²) in [6.07, 6.45) is 0. The predicted octanol–water partition coefficient (Wildman–Crippen LogP) is 5.61.